The Balaban J connectivity index is 1.42. The number of hydrogen-bond acceptors (Lipinski definition) is 6. The topological polar surface area (TPSA) is 73.9 Å². The monoisotopic (exact) mass is 345 g/mol. The lowest BCUT2D eigenvalue weighted by molar-refractivity contribution is -0.143. The first-order valence-corrected chi connectivity index (χ1v) is 8.12. The molecule has 1 aliphatic rings. The first-order valence-electron chi connectivity index (χ1n) is 7.24. The summed E-state index contributed by atoms with van der Waals surface area (Å²) in [5.41, 5.74) is 0.776. The van der Waals surface area contributed by atoms with Crippen LogP contribution in [0.1, 0.15) is 10.4 Å². The molecule has 0 radical (unpaired) electrons. The molecular weight excluding hydrogens is 330 g/mol. The van der Waals surface area contributed by atoms with Gasteiger partial charge in [0.25, 0.3) is 5.91 Å². The summed E-state index contributed by atoms with van der Waals surface area (Å²) >= 11 is 1.55. The van der Waals surface area contributed by atoms with Crippen LogP contribution in [0.5, 0.6) is 11.5 Å². The zero-order valence-corrected chi connectivity index (χ0v) is 13.5. The molecule has 2 heterocycles. The highest BCUT2D eigenvalue weighted by atomic mass is 32.1. The molecule has 1 N–H and O–H groups in total. The van der Waals surface area contributed by atoms with Crippen molar-refractivity contribution in [2.24, 2.45) is 0 Å². The average molecular weight is 345 g/mol. The van der Waals surface area contributed by atoms with Gasteiger partial charge in [-0.2, -0.15) is 0 Å². The summed E-state index contributed by atoms with van der Waals surface area (Å²) in [5, 5.41) is 4.62. The molecule has 1 aromatic carbocycles. The fourth-order valence-electron chi connectivity index (χ4n) is 2.02. The Kier molecular flexibility index (Phi) is 5.12. The van der Waals surface area contributed by atoms with Crippen molar-refractivity contribution in [2.75, 3.05) is 13.4 Å². The number of thiophene rings is 1. The predicted molar refractivity (Wildman–Crippen MR) is 88.7 cm³/mol. The fraction of sp³-hybridized carbons (Fsp3) is 0.176. The Morgan fingerprint density at radius 2 is 2.12 bits per heavy atom. The Labute approximate surface area is 142 Å². The van der Waals surface area contributed by atoms with Crippen molar-refractivity contribution in [1.82, 2.24) is 5.32 Å². The molecule has 2 aromatic rings. The second kappa shape index (κ2) is 7.65. The van der Waals surface area contributed by atoms with E-state index in [4.69, 9.17) is 14.2 Å². The van der Waals surface area contributed by atoms with Gasteiger partial charge in [0.05, 0.1) is 6.54 Å². The Hall–Kier alpha value is -2.80. The molecular formula is C17H15NO5S. The Bertz CT molecular complexity index is 754. The fourth-order valence-corrected chi connectivity index (χ4v) is 2.66. The first kappa shape index (κ1) is 16.1. The quantitative estimate of drug-likeness (QED) is 0.643. The molecule has 0 bridgehead atoms. The minimum atomic E-state index is -0.584. The van der Waals surface area contributed by atoms with Gasteiger partial charge >= 0.3 is 5.97 Å². The van der Waals surface area contributed by atoms with Crippen LogP contribution in [0, 0.1) is 0 Å². The normalized spacial score (nSPS) is 12.3. The molecule has 6 nitrogen and oxygen atoms in total. The van der Waals surface area contributed by atoms with Gasteiger partial charge in [-0.1, -0.05) is 12.1 Å². The van der Waals surface area contributed by atoms with Crippen molar-refractivity contribution >= 4 is 29.3 Å². The lowest BCUT2D eigenvalue weighted by Gasteiger charge is -2.04. The molecule has 0 saturated carbocycles. The van der Waals surface area contributed by atoms with Gasteiger partial charge in [0, 0.05) is 11.0 Å². The maximum atomic E-state index is 11.6. The molecule has 0 aliphatic carbocycles. The lowest BCUT2D eigenvalue weighted by atomic mass is 10.2. The van der Waals surface area contributed by atoms with Crippen LogP contribution in [-0.4, -0.2) is 25.3 Å². The predicted octanol–water partition coefficient (Wildman–Crippen LogP) is 2.35. The second-order valence-corrected chi connectivity index (χ2v) is 5.94. The zero-order valence-electron chi connectivity index (χ0n) is 12.7. The third-order valence-electron chi connectivity index (χ3n) is 3.19. The van der Waals surface area contributed by atoms with E-state index in [9.17, 15) is 9.59 Å². The maximum absolute atomic E-state index is 11.6. The van der Waals surface area contributed by atoms with Crippen molar-refractivity contribution in [1.29, 1.82) is 0 Å². The van der Waals surface area contributed by atoms with Crippen molar-refractivity contribution in [3.8, 4) is 11.5 Å². The molecule has 1 amide bonds. The SMILES string of the molecule is O=C(COC(=O)C=Cc1ccc2c(c1)OCO2)NCc1cccs1. The van der Waals surface area contributed by atoms with E-state index in [1.807, 2.05) is 17.5 Å². The van der Waals surface area contributed by atoms with E-state index in [0.717, 1.165) is 10.4 Å². The van der Waals surface area contributed by atoms with Gasteiger partial charge in [0.2, 0.25) is 6.79 Å². The molecule has 24 heavy (non-hydrogen) atoms. The number of ether oxygens (including phenoxy) is 3. The van der Waals surface area contributed by atoms with Gasteiger partial charge in [-0.3, -0.25) is 4.79 Å². The van der Waals surface area contributed by atoms with E-state index < -0.39 is 5.97 Å². The number of carbonyl (C=O) groups excluding carboxylic acids is 2. The van der Waals surface area contributed by atoms with Crippen LogP contribution in [0.4, 0.5) is 0 Å². The molecule has 1 aliphatic heterocycles. The Morgan fingerprint density at radius 3 is 2.96 bits per heavy atom. The molecule has 0 saturated heterocycles. The van der Waals surface area contributed by atoms with Gasteiger partial charge < -0.3 is 19.5 Å². The number of fused-ring (bicyclic) bond motifs is 1. The highest BCUT2D eigenvalue weighted by Gasteiger charge is 2.12. The molecule has 124 valence electrons. The summed E-state index contributed by atoms with van der Waals surface area (Å²) in [6.45, 7) is 0.321. The number of carbonyl (C=O) groups is 2. The smallest absolute Gasteiger partial charge is 0.331 e. The first-order chi connectivity index (χ1) is 11.7. The summed E-state index contributed by atoms with van der Waals surface area (Å²) in [6, 6.07) is 9.16. The highest BCUT2D eigenvalue weighted by molar-refractivity contribution is 7.09. The van der Waals surface area contributed by atoms with Crippen molar-refractivity contribution < 1.29 is 23.8 Å². The second-order valence-electron chi connectivity index (χ2n) is 4.91. The van der Waals surface area contributed by atoms with Gasteiger partial charge in [-0.25, -0.2) is 4.79 Å². The van der Waals surface area contributed by atoms with Crippen LogP contribution in [0.25, 0.3) is 6.08 Å². The van der Waals surface area contributed by atoms with Crippen LogP contribution >= 0.6 is 11.3 Å². The van der Waals surface area contributed by atoms with Crippen LogP contribution in [0.3, 0.4) is 0 Å². The molecule has 3 rings (SSSR count). The molecule has 0 fully saturated rings. The van der Waals surface area contributed by atoms with Gasteiger partial charge in [-0.05, 0) is 35.2 Å². The largest absolute Gasteiger partial charge is 0.454 e. The third-order valence-corrected chi connectivity index (χ3v) is 4.07. The van der Waals surface area contributed by atoms with Crippen molar-refractivity contribution in [3.63, 3.8) is 0 Å². The summed E-state index contributed by atoms with van der Waals surface area (Å²) in [6.07, 6.45) is 2.86. The minimum absolute atomic E-state index is 0.200. The number of amides is 1. The van der Waals surface area contributed by atoms with Gasteiger partial charge in [0.1, 0.15) is 0 Å². The highest BCUT2D eigenvalue weighted by Crippen LogP contribution is 2.32. The third kappa shape index (κ3) is 4.36. The Morgan fingerprint density at radius 1 is 1.25 bits per heavy atom. The van der Waals surface area contributed by atoms with E-state index >= 15 is 0 Å². The van der Waals surface area contributed by atoms with Crippen molar-refractivity contribution in [2.45, 2.75) is 6.54 Å². The van der Waals surface area contributed by atoms with Gasteiger partial charge in [-0.15, -0.1) is 11.3 Å². The standard InChI is InChI=1S/C17H15NO5S/c19-16(18-9-13-2-1-7-24-13)10-21-17(20)6-4-12-3-5-14-15(8-12)23-11-22-14/h1-8H,9-11H2,(H,18,19). The molecule has 0 spiro atoms. The van der Waals surface area contributed by atoms with E-state index in [1.54, 1.807) is 35.6 Å². The van der Waals surface area contributed by atoms with Crippen LogP contribution in [0.2, 0.25) is 0 Å². The number of nitrogens with one attached hydrogen (secondary N) is 1. The van der Waals surface area contributed by atoms with Crippen molar-refractivity contribution in [3.05, 3.63) is 52.2 Å². The number of esters is 1. The molecule has 1 aromatic heterocycles. The van der Waals surface area contributed by atoms with E-state index in [2.05, 4.69) is 5.32 Å². The average Bonchev–Trinajstić information content (AvgIpc) is 3.26. The summed E-state index contributed by atoms with van der Waals surface area (Å²) in [4.78, 5) is 24.3. The van der Waals surface area contributed by atoms with Crippen LogP contribution < -0.4 is 14.8 Å². The number of benzene rings is 1. The van der Waals surface area contributed by atoms with Gasteiger partial charge in [0.15, 0.2) is 18.1 Å². The van der Waals surface area contributed by atoms with E-state index in [1.165, 1.54) is 6.08 Å². The number of rotatable bonds is 6. The molecule has 0 atom stereocenters. The minimum Gasteiger partial charge on any atom is -0.454 e. The molecule has 7 heteroatoms. The lowest BCUT2D eigenvalue weighted by Crippen LogP contribution is -2.27. The van der Waals surface area contributed by atoms with Crippen LogP contribution in [0.15, 0.2) is 41.8 Å². The van der Waals surface area contributed by atoms with Crippen LogP contribution in [-0.2, 0) is 20.9 Å². The zero-order chi connectivity index (χ0) is 16.8. The summed E-state index contributed by atoms with van der Waals surface area (Å²) in [7, 11) is 0. The van der Waals surface area contributed by atoms with E-state index in [0.29, 0.717) is 18.0 Å². The summed E-state index contributed by atoms with van der Waals surface area (Å²) < 4.78 is 15.4. The van der Waals surface area contributed by atoms with E-state index in [-0.39, 0.29) is 19.3 Å². The maximum Gasteiger partial charge on any atom is 0.331 e. The summed E-state index contributed by atoms with van der Waals surface area (Å²) in [5.74, 6) is 0.391. The molecule has 0 unspecified atom stereocenters. The number of hydrogen-bond donors (Lipinski definition) is 1.